The lowest BCUT2D eigenvalue weighted by molar-refractivity contribution is -0.139. The van der Waals surface area contributed by atoms with E-state index >= 15 is 0 Å². The van der Waals surface area contributed by atoms with Crippen molar-refractivity contribution in [3.05, 3.63) is 78.1 Å². The quantitative estimate of drug-likeness (QED) is 0.671. The first-order valence-corrected chi connectivity index (χ1v) is 9.34. The number of aryl methyl sites for hydroxylation is 1. The van der Waals surface area contributed by atoms with Gasteiger partial charge in [0.15, 0.2) is 11.7 Å². The van der Waals surface area contributed by atoms with Gasteiger partial charge in [0.25, 0.3) is 0 Å². The van der Waals surface area contributed by atoms with E-state index in [2.05, 4.69) is 4.98 Å². The average molecular weight is 380 g/mol. The number of rotatable bonds is 5. The smallest absolute Gasteiger partial charge is 0.223 e. The van der Waals surface area contributed by atoms with Gasteiger partial charge in [-0.15, -0.1) is 0 Å². The summed E-state index contributed by atoms with van der Waals surface area (Å²) in [6, 6.07) is 16.0. The number of carbonyl (C=O) groups excluding carboxylic acids is 1. The second-order valence-corrected chi connectivity index (χ2v) is 6.74. The molecule has 1 unspecified atom stereocenters. The molecule has 1 atom stereocenters. The average Bonchev–Trinajstić information content (AvgIpc) is 3.22. The van der Waals surface area contributed by atoms with Crippen molar-refractivity contribution in [3.63, 3.8) is 0 Å². The number of hydrogen-bond donors (Lipinski definition) is 0. The summed E-state index contributed by atoms with van der Waals surface area (Å²) in [7, 11) is 0. The Morgan fingerprint density at radius 2 is 1.93 bits per heavy atom. The minimum atomic E-state index is -0.284. The van der Waals surface area contributed by atoms with Gasteiger partial charge in [-0.1, -0.05) is 42.5 Å². The Hall–Kier alpha value is -2.99. The van der Waals surface area contributed by atoms with Crippen molar-refractivity contribution in [1.82, 2.24) is 9.88 Å². The zero-order chi connectivity index (χ0) is 19.3. The van der Waals surface area contributed by atoms with Crippen LogP contribution in [0, 0.1) is 5.82 Å². The van der Waals surface area contributed by atoms with Crippen LogP contribution in [0.25, 0.3) is 11.3 Å². The summed E-state index contributed by atoms with van der Waals surface area (Å²) in [6.07, 6.45) is 2.23. The minimum absolute atomic E-state index is 0.0369. The van der Waals surface area contributed by atoms with Crippen LogP contribution in [-0.2, 0) is 16.0 Å². The largest absolute Gasteiger partial charge is 0.441 e. The topological polar surface area (TPSA) is 55.6 Å². The van der Waals surface area contributed by atoms with E-state index in [0.717, 1.165) is 11.1 Å². The van der Waals surface area contributed by atoms with Crippen LogP contribution in [0.15, 0.2) is 65.2 Å². The highest BCUT2D eigenvalue weighted by atomic mass is 19.1. The van der Waals surface area contributed by atoms with Gasteiger partial charge < -0.3 is 14.1 Å². The van der Waals surface area contributed by atoms with E-state index in [1.165, 1.54) is 12.1 Å². The number of benzene rings is 2. The van der Waals surface area contributed by atoms with Crippen LogP contribution in [-0.4, -0.2) is 35.5 Å². The highest BCUT2D eigenvalue weighted by Crippen LogP contribution is 2.24. The van der Waals surface area contributed by atoms with Gasteiger partial charge in [0.05, 0.1) is 19.3 Å². The van der Waals surface area contributed by atoms with E-state index in [1.807, 2.05) is 30.3 Å². The van der Waals surface area contributed by atoms with Gasteiger partial charge in [0, 0.05) is 24.9 Å². The third-order valence-electron chi connectivity index (χ3n) is 4.83. The number of amides is 1. The number of halogens is 1. The van der Waals surface area contributed by atoms with Gasteiger partial charge in [-0.3, -0.25) is 4.79 Å². The molecule has 3 aromatic rings. The summed E-state index contributed by atoms with van der Waals surface area (Å²) in [5.41, 5.74) is 1.84. The molecule has 1 amide bonds. The van der Waals surface area contributed by atoms with E-state index in [4.69, 9.17) is 9.15 Å². The molecule has 0 bridgehead atoms. The molecule has 0 radical (unpaired) electrons. The predicted molar refractivity (Wildman–Crippen MR) is 102 cm³/mol. The molecule has 1 aliphatic rings. The molecule has 0 spiro atoms. The van der Waals surface area contributed by atoms with Crippen LogP contribution in [0.2, 0.25) is 0 Å². The molecule has 0 N–H and O–H groups in total. The lowest BCUT2D eigenvalue weighted by atomic mass is 10.1. The Kier molecular flexibility index (Phi) is 5.48. The maximum absolute atomic E-state index is 13.1. The van der Waals surface area contributed by atoms with Gasteiger partial charge in [0.2, 0.25) is 5.91 Å². The highest BCUT2D eigenvalue weighted by Gasteiger charge is 2.25. The second-order valence-electron chi connectivity index (χ2n) is 6.74. The van der Waals surface area contributed by atoms with Crippen LogP contribution in [0.4, 0.5) is 4.39 Å². The van der Waals surface area contributed by atoms with Crippen LogP contribution in [0.1, 0.15) is 24.0 Å². The normalized spacial score (nSPS) is 16.9. The third kappa shape index (κ3) is 4.28. The summed E-state index contributed by atoms with van der Waals surface area (Å²) in [5.74, 6) is 1.00. The fourth-order valence-electron chi connectivity index (χ4n) is 3.29. The molecule has 1 aliphatic heterocycles. The van der Waals surface area contributed by atoms with E-state index in [1.54, 1.807) is 23.2 Å². The zero-order valence-electron chi connectivity index (χ0n) is 15.4. The molecule has 1 fully saturated rings. The van der Waals surface area contributed by atoms with Crippen molar-refractivity contribution in [2.24, 2.45) is 0 Å². The zero-order valence-corrected chi connectivity index (χ0v) is 15.4. The summed E-state index contributed by atoms with van der Waals surface area (Å²) in [6.45, 7) is 1.48. The van der Waals surface area contributed by atoms with E-state index in [9.17, 15) is 9.18 Å². The molecule has 2 aromatic carbocycles. The molecule has 144 valence electrons. The first-order valence-electron chi connectivity index (χ1n) is 9.34. The Morgan fingerprint density at radius 1 is 1.14 bits per heavy atom. The fraction of sp³-hybridized carbons (Fsp3) is 0.273. The standard InChI is InChI=1S/C22H21FN2O3/c23-18-8-6-17(7-9-18)20-15-25(12-13-27-20)22(26)11-10-21-24-14-19(28-21)16-4-2-1-3-5-16/h1-9,14,20H,10-13,15H2. The number of morpholine rings is 1. The summed E-state index contributed by atoms with van der Waals surface area (Å²) >= 11 is 0. The number of nitrogens with zero attached hydrogens (tertiary/aromatic N) is 2. The molecule has 5 nitrogen and oxygen atoms in total. The van der Waals surface area contributed by atoms with Crippen molar-refractivity contribution in [2.45, 2.75) is 18.9 Å². The molecule has 0 aliphatic carbocycles. The maximum Gasteiger partial charge on any atom is 0.223 e. The van der Waals surface area contributed by atoms with Crippen molar-refractivity contribution < 1.29 is 18.3 Å². The second kappa shape index (κ2) is 8.35. The minimum Gasteiger partial charge on any atom is -0.441 e. The van der Waals surface area contributed by atoms with E-state index in [0.29, 0.717) is 44.2 Å². The lowest BCUT2D eigenvalue weighted by Crippen LogP contribution is -2.42. The number of ether oxygens (including phenoxy) is 1. The van der Waals surface area contributed by atoms with Crippen molar-refractivity contribution in [2.75, 3.05) is 19.7 Å². The predicted octanol–water partition coefficient (Wildman–Crippen LogP) is 4.01. The van der Waals surface area contributed by atoms with E-state index < -0.39 is 0 Å². The monoisotopic (exact) mass is 380 g/mol. The van der Waals surface area contributed by atoms with Crippen molar-refractivity contribution in [1.29, 1.82) is 0 Å². The molecular formula is C22H21FN2O3. The first kappa shape index (κ1) is 18.4. The molecule has 2 heterocycles. The van der Waals surface area contributed by atoms with Crippen molar-refractivity contribution in [3.8, 4) is 11.3 Å². The van der Waals surface area contributed by atoms with Gasteiger partial charge >= 0.3 is 0 Å². The molecule has 6 heteroatoms. The Labute approximate surface area is 162 Å². The number of oxazole rings is 1. The van der Waals surface area contributed by atoms with Crippen LogP contribution < -0.4 is 0 Å². The van der Waals surface area contributed by atoms with Crippen LogP contribution in [0.5, 0.6) is 0 Å². The molecule has 4 rings (SSSR count). The van der Waals surface area contributed by atoms with Gasteiger partial charge in [0.1, 0.15) is 11.9 Å². The molecular weight excluding hydrogens is 359 g/mol. The molecule has 1 saturated heterocycles. The summed E-state index contributed by atoms with van der Waals surface area (Å²) in [5, 5.41) is 0. The summed E-state index contributed by atoms with van der Waals surface area (Å²) < 4.78 is 24.6. The highest BCUT2D eigenvalue weighted by molar-refractivity contribution is 5.76. The van der Waals surface area contributed by atoms with Gasteiger partial charge in [-0.25, -0.2) is 9.37 Å². The van der Waals surface area contributed by atoms with E-state index in [-0.39, 0.29) is 17.8 Å². The lowest BCUT2D eigenvalue weighted by Gasteiger charge is -2.33. The number of carbonyl (C=O) groups is 1. The molecule has 28 heavy (non-hydrogen) atoms. The summed E-state index contributed by atoms with van der Waals surface area (Å²) in [4.78, 5) is 18.7. The molecule has 1 aromatic heterocycles. The fourth-order valence-corrected chi connectivity index (χ4v) is 3.29. The SMILES string of the molecule is O=C(CCc1ncc(-c2ccccc2)o1)N1CCOC(c2ccc(F)cc2)C1. The Balaban J connectivity index is 1.33. The first-order chi connectivity index (χ1) is 13.7. The van der Waals surface area contributed by atoms with Crippen molar-refractivity contribution >= 4 is 5.91 Å². The maximum atomic E-state index is 13.1. The van der Waals surface area contributed by atoms with Gasteiger partial charge in [-0.2, -0.15) is 0 Å². The Morgan fingerprint density at radius 3 is 2.71 bits per heavy atom. The van der Waals surface area contributed by atoms with Crippen LogP contribution in [0.3, 0.4) is 0 Å². The van der Waals surface area contributed by atoms with Crippen LogP contribution >= 0.6 is 0 Å². The van der Waals surface area contributed by atoms with Gasteiger partial charge in [-0.05, 0) is 17.7 Å². The Bertz CT molecular complexity index is 924. The molecule has 0 saturated carbocycles. The number of aromatic nitrogens is 1. The number of hydrogen-bond acceptors (Lipinski definition) is 4. The third-order valence-corrected chi connectivity index (χ3v) is 4.83.